The summed E-state index contributed by atoms with van der Waals surface area (Å²) in [5, 5.41) is 11.3. The molecule has 0 spiro atoms. The number of ether oxygens (including phenoxy) is 2. The van der Waals surface area contributed by atoms with Crippen molar-refractivity contribution in [3.63, 3.8) is 0 Å². The van der Waals surface area contributed by atoms with Crippen LogP contribution in [0.4, 0.5) is 0 Å². The average molecular weight is 363 g/mol. The van der Waals surface area contributed by atoms with Crippen LogP contribution in [0, 0.1) is 23.7 Å². The highest BCUT2D eigenvalue weighted by Gasteiger charge is 2.57. The zero-order chi connectivity index (χ0) is 19.2. The van der Waals surface area contributed by atoms with Crippen LogP contribution in [-0.4, -0.2) is 35.0 Å². The molecule has 0 radical (unpaired) electrons. The molecule has 0 amide bonds. The molecule has 3 rings (SSSR count). The molecule has 2 bridgehead atoms. The van der Waals surface area contributed by atoms with Crippen LogP contribution in [0.25, 0.3) is 0 Å². The molecule has 1 saturated carbocycles. The minimum absolute atomic E-state index is 0.0332. The monoisotopic (exact) mass is 362 g/mol. The summed E-state index contributed by atoms with van der Waals surface area (Å²) in [5.41, 5.74) is 1.18. The van der Waals surface area contributed by atoms with Gasteiger partial charge >= 0.3 is 5.97 Å². The molecule has 2 heterocycles. The van der Waals surface area contributed by atoms with E-state index >= 15 is 0 Å². The average Bonchev–Trinajstić information content (AvgIpc) is 2.92. The molecule has 3 fully saturated rings. The van der Waals surface area contributed by atoms with Gasteiger partial charge in [-0.1, -0.05) is 32.6 Å². The van der Waals surface area contributed by atoms with Crippen LogP contribution >= 0.6 is 0 Å². The van der Waals surface area contributed by atoms with Gasteiger partial charge in [0.1, 0.15) is 6.10 Å². The smallest absolute Gasteiger partial charge is 0.303 e. The lowest BCUT2D eigenvalue weighted by Gasteiger charge is -2.44. The van der Waals surface area contributed by atoms with E-state index in [9.17, 15) is 9.90 Å². The topological polar surface area (TPSA) is 55.8 Å². The van der Waals surface area contributed by atoms with Crippen LogP contribution in [0.2, 0.25) is 0 Å². The maximum Gasteiger partial charge on any atom is 0.303 e. The van der Waals surface area contributed by atoms with Gasteiger partial charge in [-0.25, -0.2) is 0 Å². The Bertz CT molecular complexity index is 591. The van der Waals surface area contributed by atoms with Crippen LogP contribution < -0.4 is 0 Å². The van der Waals surface area contributed by atoms with Crippen molar-refractivity contribution in [2.45, 2.75) is 83.7 Å². The molecule has 0 aromatic rings. The molecule has 0 aromatic carbocycles. The molecule has 2 saturated heterocycles. The van der Waals surface area contributed by atoms with Gasteiger partial charge in [-0.2, -0.15) is 0 Å². The Morgan fingerprint density at radius 1 is 1.31 bits per heavy atom. The third-order valence-corrected chi connectivity index (χ3v) is 6.86. The van der Waals surface area contributed by atoms with E-state index in [1.54, 1.807) is 0 Å². The number of esters is 1. The fourth-order valence-electron chi connectivity index (χ4n) is 5.55. The molecule has 26 heavy (non-hydrogen) atoms. The maximum absolute atomic E-state index is 11.5. The lowest BCUT2D eigenvalue weighted by molar-refractivity contribution is -0.146. The Labute approximate surface area is 157 Å². The molecule has 1 N–H and O–H groups in total. The van der Waals surface area contributed by atoms with E-state index in [1.165, 1.54) is 12.5 Å². The van der Waals surface area contributed by atoms with Crippen LogP contribution in [-0.2, 0) is 14.3 Å². The number of carbonyl (C=O) groups is 1. The molecule has 3 aliphatic rings. The second kappa shape index (κ2) is 7.12. The van der Waals surface area contributed by atoms with Crippen LogP contribution in [0.3, 0.4) is 0 Å². The van der Waals surface area contributed by atoms with Gasteiger partial charge in [0.25, 0.3) is 0 Å². The summed E-state index contributed by atoms with van der Waals surface area (Å²) in [6.45, 7) is 16.4. The lowest BCUT2D eigenvalue weighted by Crippen LogP contribution is -2.48. The number of aliphatic hydroxyl groups is 1. The van der Waals surface area contributed by atoms with E-state index in [0.29, 0.717) is 37.0 Å². The summed E-state index contributed by atoms with van der Waals surface area (Å²) < 4.78 is 12.0. The minimum Gasteiger partial charge on any atom is -0.458 e. The molecular weight excluding hydrogens is 328 g/mol. The van der Waals surface area contributed by atoms with E-state index < -0.39 is 5.60 Å². The summed E-state index contributed by atoms with van der Waals surface area (Å²) in [7, 11) is 0. The first-order chi connectivity index (χ1) is 12.1. The van der Waals surface area contributed by atoms with Gasteiger partial charge < -0.3 is 14.6 Å². The number of hydrogen-bond donors (Lipinski definition) is 1. The highest BCUT2D eigenvalue weighted by molar-refractivity contribution is 5.66. The van der Waals surface area contributed by atoms with E-state index in [1.807, 2.05) is 6.92 Å². The zero-order valence-corrected chi connectivity index (χ0v) is 16.7. The van der Waals surface area contributed by atoms with E-state index in [4.69, 9.17) is 9.47 Å². The summed E-state index contributed by atoms with van der Waals surface area (Å²) in [5.74, 6) is 1.33. The highest BCUT2D eigenvalue weighted by atomic mass is 16.5. The second-order valence-electron chi connectivity index (χ2n) is 9.16. The Hall–Kier alpha value is -1.13. The maximum atomic E-state index is 11.5. The lowest BCUT2D eigenvalue weighted by atomic mass is 9.61. The highest BCUT2D eigenvalue weighted by Crippen LogP contribution is 2.54. The molecule has 0 unspecified atom stereocenters. The first-order valence-corrected chi connectivity index (χ1v) is 10.0. The Kier molecular flexibility index (Phi) is 5.38. The normalized spacial score (nSPS) is 43.5. The first-order valence-electron chi connectivity index (χ1n) is 10.0. The quantitative estimate of drug-likeness (QED) is 0.595. The van der Waals surface area contributed by atoms with Gasteiger partial charge in [0, 0.05) is 12.8 Å². The minimum atomic E-state index is -0.953. The SMILES string of the molecule is C=C1CC[C@H](C(C)C)[C@@H]2[C@H]1[C@H]1CC(=C)[C@@H](OC(C)=O)CC[C@@](C)(O)[C@@H]2O1. The van der Waals surface area contributed by atoms with E-state index in [2.05, 4.69) is 27.0 Å². The molecule has 2 aliphatic heterocycles. The summed E-state index contributed by atoms with van der Waals surface area (Å²) in [6.07, 6.45) is 3.34. The number of hydrogen-bond acceptors (Lipinski definition) is 4. The van der Waals surface area contributed by atoms with Gasteiger partial charge in [-0.15, -0.1) is 0 Å². The third-order valence-electron chi connectivity index (χ3n) is 6.86. The third kappa shape index (κ3) is 3.50. The van der Waals surface area contributed by atoms with Gasteiger partial charge in [0.05, 0.1) is 17.8 Å². The predicted molar refractivity (Wildman–Crippen MR) is 102 cm³/mol. The van der Waals surface area contributed by atoms with Crippen LogP contribution in [0.5, 0.6) is 0 Å². The summed E-state index contributed by atoms with van der Waals surface area (Å²) >= 11 is 0. The molecule has 4 heteroatoms. The fourth-order valence-corrected chi connectivity index (χ4v) is 5.55. The van der Waals surface area contributed by atoms with Gasteiger partial charge in [-0.05, 0) is 62.4 Å². The van der Waals surface area contributed by atoms with E-state index in [0.717, 1.165) is 18.4 Å². The fraction of sp³-hybridized carbons (Fsp3) is 0.773. The molecule has 7 atom stereocenters. The Balaban J connectivity index is 1.96. The van der Waals surface area contributed by atoms with Gasteiger partial charge in [0.15, 0.2) is 0 Å². The van der Waals surface area contributed by atoms with Crippen LogP contribution in [0.15, 0.2) is 24.3 Å². The molecular formula is C22H34O4. The summed E-state index contributed by atoms with van der Waals surface area (Å²) in [4.78, 5) is 11.5. The number of rotatable bonds is 2. The van der Waals surface area contributed by atoms with Crippen molar-refractivity contribution in [2.24, 2.45) is 23.7 Å². The number of fused-ring (bicyclic) bond motifs is 5. The first kappa shape index (κ1) is 19.6. The predicted octanol–water partition coefficient (Wildman–Crippen LogP) is 4.03. The largest absolute Gasteiger partial charge is 0.458 e. The van der Waals surface area contributed by atoms with Gasteiger partial charge in [0.2, 0.25) is 0 Å². The van der Waals surface area contributed by atoms with Gasteiger partial charge in [-0.3, -0.25) is 4.79 Å². The van der Waals surface area contributed by atoms with Crippen molar-refractivity contribution in [3.8, 4) is 0 Å². The van der Waals surface area contributed by atoms with Crippen molar-refractivity contribution < 1.29 is 19.4 Å². The van der Waals surface area contributed by atoms with Crippen molar-refractivity contribution in [1.82, 2.24) is 0 Å². The van der Waals surface area contributed by atoms with Crippen molar-refractivity contribution in [3.05, 3.63) is 24.3 Å². The molecule has 4 nitrogen and oxygen atoms in total. The number of carbonyl (C=O) groups excluding carboxylic acids is 1. The molecule has 0 aromatic heterocycles. The van der Waals surface area contributed by atoms with Crippen molar-refractivity contribution in [2.75, 3.05) is 0 Å². The van der Waals surface area contributed by atoms with E-state index in [-0.39, 0.29) is 30.2 Å². The Morgan fingerprint density at radius 3 is 2.62 bits per heavy atom. The van der Waals surface area contributed by atoms with Crippen molar-refractivity contribution in [1.29, 1.82) is 0 Å². The summed E-state index contributed by atoms with van der Waals surface area (Å²) in [6, 6.07) is 0. The molecule has 146 valence electrons. The van der Waals surface area contributed by atoms with Crippen molar-refractivity contribution >= 4 is 5.97 Å². The van der Waals surface area contributed by atoms with Crippen LogP contribution in [0.1, 0.15) is 59.8 Å². The zero-order valence-electron chi connectivity index (χ0n) is 16.7. The second-order valence-corrected chi connectivity index (χ2v) is 9.16. The standard InChI is InChI=1S/C22H34O4/c1-12(2)16-8-7-13(3)19-18-11-14(4)17(25-15(5)23)9-10-22(6,24)21(26-18)20(16)19/h12,16-21,24H,3-4,7-11H2,1-2,5-6H3/t16-,17+,18-,19-,20-,21-,22-/m1/s1. The Morgan fingerprint density at radius 2 is 2.00 bits per heavy atom. The molecule has 1 aliphatic carbocycles.